The third-order valence-corrected chi connectivity index (χ3v) is 5.06. The smallest absolute Gasteiger partial charge is 0.335 e. The van der Waals surface area contributed by atoms with Crippen LogP contribution in [0.2, 0.25) is 5.02 Å². The zero-order chi connectivity index (χ0) is 21.3. The Hall–Kier alpha value is -3.70. The lowest BCUT2D eigenvalue weighted by molar-refractivity contribution is -0.113. The molecule has 4 rings (SSSR count). The van der Waals surface area contributed by atoms with Crippen LogP contribution in [-0.4, -0.2) is 22.8 Å². The predicted octanol–water partition coefficient (Wildman–Crippen LogP) is 5.18. The maximum absolute atomic E-state index is 13.3. The molecule has 0 spiro atoms. The molecule has 0 saturated carbocycles. The summed E-state index contributed by atoms with van der Waals surface area (Å²) >= 11 is 6.39. The zero-order valence-corrected chi connectivity index (χ0v) is 16.8. The van der Waals surface area contributed by atoms with Gasteiger partial charge in [0.15, 0.2) is 0 Å². The molecule has 3 aromatic rings. The number of halogens is 1. The van der Waals surface area contributed by atoms with Gasteiger partial charge in [-0.3, -0.25) is 9.69 Å². The van der Waals surface area contributed by atoms with E-state index in [1.54, 1.807) is 24.3 Å². The molecule has 0 atom stereocenters. The van der Waals surface area contributed by atoms with Gasteiger partial charge in [0, 0.05) is 5.56 Å². The van der Waals surface area contributed by atoms with Crippen molar-refractivity contribution in [3.63, 3.8) is 0 Å². The number of aliphatic imine (C=N–C) groups is 1. The highest BCUT2D eigenvalue weighted by atomic mass is 35.5. The lowest BCUT2D eigenvalue weighted by Gasteiger charge is -2.19. The number of hydrogen-bond donors (Lipinski definition) is 1. The molecule has 1 N–H and O–H groups in total. The maximum Gasteiger partial charge on any atom is 0.335 e. The van der Waals surface area contributed by atoms with Gasteiger partial charge in [0.05, 0.1) is 16.3 Å². The van der Waals surface area contributed by atoms with Gasteiger partial charge in [-0.1, -0.05) is 53.6 Å². The van der Waals surface area contributed by atoms with Crippen molar-refractivity contribution in [3.05, 3.63) is 106 Å². The van der Waals surface area contributed by atoms with Gasteiger partial charge in [0.2, 0.25) is 0 Å². The Morgan fingerprint density at radius 2 is 1.67 bits per heavy atom. The van der Waals surface area contributed by atoms with E-state index in [1.165, 1.54) is 17.0 Å². The van der Waals surface area contributed by atoms with Gasteiger partial charge in [-0.15, -0.1) is 0 Å². The number of nitrogens with zero attached hydrogens (tertiary/aromatic N) is 2. The van der Waals surface area contributed by atoms with E-state index in [-0.39, 0.29) is 17.2 Å². The van der Waals surface area contributed by atoms with E-state index < -0.39 is 5.97 Å². The van der Waals surface area contributed by atoms with Gasteiger partial charge >= 0.3 is 5.97 Å². The normalized spacial score (nSPS) is 14.9. The first-order valence-corrected chi connectivity index (χ1v) is 9.61. The van der Waals surface area contributed by atoms with E-state index in [4.69, 9.17) is 16.7 Å². The Morgan fingerprint density at radius 1 is 1.00 bits per heavy atom. The summed E-state index contributed by atoms with van der Waals surface area (Å²) in [5, 5.41) is 9.55. The number of carbonyl (C=O) groups excluding carboxylic acids is 1. The minimum atomic E-state index is -1.00. The van der Waals surface area contributed by atoms with E-state index in [9.17, 15) is 9.59 Å². The molecule has 1 heterocycles. The number of hydrogen-bond acceptors (Lipinski definition) is 3. The highest BCUT2D eigenvalue weighted by Gasteiger charge is 2.33. The fourth-order valence-corrected chi connectivity index (χ4v) is 3.37. The van der Waals surface area contributed by atoms with Crippen LogP contribution in [0.5, 0.6) is 0 Å². The van der Waals surface area contributed by atoms with Gasteiger partial charge in [-0.2, -0.15) is 0 Å². The summed E-state index contributed by atoms with van der Waals surface area (Å²) in [4.78, 5) is 30.5. The lowest BCUT2D eigenvalue weighted by Crippen LogP contribution is -2.32. The molecule has 0 aromatic heterocycles. The number of rotatable bonds is 4. The average Bonchev–Trinajstić information content (AvgIpc) is 3.05. The van der Waals surface area contributed by atoms with Crippen molar-refractivity contribution in [1.29, 1.82) is 0 Å². The predicted molar refractivity (Wildman–Crippen MR) is 118 cm³/mol. The van der Waals surface area contributed by atoms with E-state index >= 15 is 0 Å². The van der Waals surface area contributed by atoms with Crippen molar-refractivity contribution in [1.82, 2.24) is 0 Å². The van der Waals surface area contributed by atoms with Crippen LogP contribution in [0.1, 0.15) is 27.0 Å². The molecule has 0 unspecified atom stereocenters. The number of benzene rings is 3. The Morgan fingerprint density at radius 3 is 2.30 bits per heavy atom. The Labute approximate surface area is 178 Å². The molecule has 1 aliphatic rings. The van der Waals surface area contributed by atoms with Gasteiger partial charge in [0.1, 0.15) is 11.5 Å². The Kier molecular flexibility index (Phi) is 5.21. The summed E-state index contributed by atoms with van der Waals surface area (Å²) in [5.74, 6) is -0.838. The monoisotopic (exact) mass is 416 g/mol. The number of amidine groups is 1. The highest BCUT2D eigenvalue weighted by molar-refractivity contribution is 6.39. The molecule has 0 aliphatic carbocycles. The van der Waals surface area contributed by atoms with E-state index in [0.29, 0.717) is 27.7 Å². The number of carbonyl (C=O) groups is 2. The van der Waals surface area contributed by atoms with Gasteiger partial charge in [-0.05, 0) is 55.0 Å². The minimum absolute atomic E-state index is 0.177. The van der Waals surface area contributed by atoms with Crippen LogP contribution in [0, 0.1) is 6.92 Å². The molecular weight excluding hydrogens is 400 g/mol. The number of aromatic carboxylic acids is 1. The second kappa shape index (κ2) is 7.97. The number of amides is 1. The fraction of sp³-hybridized carbons (Fsp3) is 0.0417. The summed E-state index contributed by atoms with van der Waals surface area (Å²) in [6.07, 6.45) is 1.64. The van der Waals surface area contributed by atoms with Crippen LogP contribution in [0.4, 0.5) is 5.69 Å². The Bertz CT molecular complexity index is 1200. The Balaban J connectivity index is 1.80. The second-order valence-electron chi connectivity index (χ2n) is 6.85. The number of carboxylic acid groups (broad SMARTS) is 1. The number of anilines is 1. The topological polar surface area (TPSA) is 70.0 Å². The quantitative estimate of drug-likeness (QED) is 0.595. The second-order valence-corrected chi connectivity index (χ2v) is 7.26. The van der Waals surface area contributed by atoms with Gasteiger partial charge in [-0.25, -0.2) is 9.79 Å². The summed E-state index contributed by atoms with van der Waals surface area (Å²) in [7, 11) is 0. The molecular formula is C24H17ClN2O3. The zero-order valence-electron chi connectivity index (χ0n) is 16.0. The molecule has 148 valence electrons. The van der Waals surface area contributed by atoms with Crippen LogP contribution < -0.4 is 4.90 Å². The van der Waals surface area contributed by atoms with E-state index in [2.05, 4.69) is 4.99 Å². The molecule has 0 bridgehead atoms. The van der Waals surface area contributed by atoms with Crippen molar-refractivity contribution >= 4 is 41.1 Å². The fourth-order valence-electron chi connectivity index (χ4n) is 3.15. The van der Waals surface area contributed by atoms with Gasteiger partial charge < -0.3 is 5.11 Å². The standard InChI is InChI=1S/C24H17ClN2O3/c1-15-6-12-18(13-7-15)27-22(19-4-2-3-5-20(19)25)26-21(23(27)28)14-16-8-10-17(11-9-16)24(29)30/h2-14H,1H3,(H,29,30)/b21-14+. The minimum Gasteiger partial charge on any atom is -0.478 e. The largest absolute Gasteiger partial charge is 0.478 e. The van der Waals surface area contributed by atoms with Crippen molar-refractivity contribution < 1.29 is 14.7 Å². The van der Waals surface area contributed by atoms with Crippen molar-refractivity contribution in [2.45, 2.75) is 6.92 Å². The third kappa shape index (κ3) is 3.75. The highest BCUT2D eigenvalue weighted by Crippen LogP contribution is 2.30. The summed E-state index contributed by atoms with van der Waals surface area (Å²) in [6, 6.07) is 21.1. The van der Waals surface area contributed by atoms with Gasteiger partial charge in [0.25, 0.3) is 5.91 Å². The van der Waals surface area contributed by atoms with Crippen LogP contribution in [0.15, 0.2) is 83.5 Å². The van der Waals surface area contributed by atoms with Crippen LogP contribution in [-0.2, 0) is 4.79 Å². The third-order valence-electron chi connectivity index (χ3n) is 4.73. The molecule has 0 saturated heterocycles. The molecule has 1 aliphatic heterocycles. The summed E-state index contributed by atoms with van der Waals surface area (Å²) in [6.45, 7) is 1.98. The van der Waals surface area contributed by atoms with Crippen LogP contribution >= 0.6 is 11.6 Å². The SMILES string of the molecule is Cc1ccc(N2C(=O)/C(=C\c3ccc(C(=O)O)cc3)N=C2c2ccccc2Cl)cc1. The van der Waals surface area contributed by atoms with Crippen molar-refractivity contribution in [2.75, 3.05) is 4.90 Å². The molecule has 1 amide bonds. The summed E-state index contributed by atoms with van der Waals surface area (Å²) < 4.78 is 0. The molecule has 5 nitrogen and oxygen atoms in total. The number of aryl methyl sites for hydroxylation is 1. The molecule has 6 heteroatoms. The van der Waals surface area contributed by atoms with E-state index in [0.717, 1.165) is 5.56 Å². The van der Waals surface area contributed by atoms with Crippen molar-refractivity contribution in [3.8, 4) is 0 Å². The van der Waals surface area contributed by atoms with Crippen LogP contribution in [0.3, 0.4) is 0 Å². The van der Waals surface area contributed by atoms with Crippen molar-refractivity contribution in [2.24, 2.45) is 4.99 Å². The molecule has 30 heavy (non-hydrogen) atoms. The molecule has 0 fully saturated rings. The maximum atomic E-state index is 13.3. The molecule has 3 aromatic carbocycles. The first kappa shape index (κ1) is 19.6. The first-order valence-electron chi connectivity index (χ1n) is 9.24. The van der Waals surface area contributed by atoms with Crippen LogP contribution in [0.25, 0.3) is 6.08 Å². The molecule has 0 radical (unpaired) electrons. The lowest BCUT2D eigenvalue weighted by atomic mass is 10.1. The number of carboxylic acids is 1. The van der Waals surface area contributed by atoms with E-state index in [1.807, 2.05) is 49.4 Å². The first-order chi connectivity index (χ1) is 14.4. The average molecular weight is 417 g/mol. The summed E-state index contributed by atoms with van der Waals surface area (Å²) in [5.41, 5.74) is 3.52.